The minimum Gasteiger partial charge on any atom is -0.497 e. The first-order valence-corrected chi connectivity index (χ1v) is 9.67. The minimum atomic E-state index is -0.832. The van der Waals surface area contributed by atoms with E-state index in [4.69, 9.17) is 14.0 Å². The zero-order valence-electron chi connectivity index (χ0n) is 17.4. The standard InChI is InChI=1S/C23H26N2O5/c1-25(2)22(23(26)27)14-16-4-8-19(9-5-16)29-13-12-20-15-21(24-30-20)17-6-10-18(28-3)11-7-17/h4-11,15,22H,12-14H2,1-3H3,(H,26,27)/t22-/m0/s1. The van der Waals surface area contributed by atoms with Crippen LogP contribution >= 0.6 is 0 Å². The van der Waals surface area contributed by atoms with E-state index >= 15 is 0 Å². The monoisotopic (exact) mass is 410 g/mol. The van der Waals surface area contributed by atoms with Crippen LogP contribution in [0.25, 0.3) is 11.3 Å². The van der Waals surface area contributed by atoms with Crippen molar-refractivity contribution < 1.29 is 23.9 Å². The summed E-state index contributed by atoms with van der Waals surface area (Å²) in [6.07, 6.45) is 1.03. The number of hydrogen-bond acceptors (Lipinski definition) is 6. The third kappa shape index (κ3) is 5.61. The van der Waals surface area contributed by atoms with E-state index in [-0.39, 0.29) is 0 Å². The van der Waals surface area contributed by atoms with Gasteiger partial charge in [-0.25, -0.2) is 0 Å². The molecule has 0 aliphatic rings. The van der Waals surface area contributed by atoms with Gasteiger partial charge in [-0.2, -0.15) is 0 Å². The van der Waals surface area contributed by atoms with E-state index in [1.807, 2.05) is 54.6 Å². The van der Waals surface area contributed by atoms with Crippen LogP contribution in [0.15, 0.2) is 59.1 Å². The molecule has 158 valence electrons. The first kappa shape index (κ1) is 21.4. The predicted molar refractivity (Wildman–Crippen MR) is 113 cm³/mol. The summed E-state index contributed by atoms with van der Waals surface area (Å²) < 4.78 is 16.3. The van der Waals surface area contributed by atoms with E-state index in [2.05, 4.69) is 5.16 Å². The molecule has 1 atom stereocenters. The smallest absolute Gasteiger partial charge is 0.321 e. The molecule has 0 amide bonds. The molecule has 0 saturated heterocycles. The van der Waals surface area contributed by atoms with E-state index in [1.54, 1.807) is 26.1 Å². The molecular weight excluding hydrogens is 384 g/mol. The van der Waals surface area contributed by atoms with Crippen LogP contribution < -0.4 is 9.47 Å². The van der Waals surface area contributed by atoms with Crippen LogP contribution in [0.5, 0.6) is 11.5 Å². The number of ether oxygens (including phenoxy) is 2. The molecule has 1 N–H and O–H groups in total. The summed E-state index contributed by atoms with van der Waals surface area (Å²) in [5.74, 6) is 1.43. The van der Waals surface area contributed by atoms with Gasteiger partial charge in [-0.1, -0.05) is 17.3 Å². The van der Waals surface area contributed by atoms with Crippen molar-refractivity contribution in [2.75, 3.05) is 27.8 Å². The first-order valence-electron chi connectivity index (χ1n) is 9.67. The molecule has 3 rings (SSSR count). The molecule has 7 heteroatoms. The number of carboxylic acids is 1. The Labute approximate surface area is 175 Å². The quantitative estimate of drug-likeness (QED) is 0.547. The van der Waals surface area contributed by atoms with Crippen LogP contribution in [0.4, 0.5) is 0 Å². The van der Waals surface area contributed by atoms with Crippen molar-refractivity contribution in [1.29, 1.82) is 0 Å². The molecule has 2 aromatic carbocycles. The van der Waals surface area contributed by atoms with Crippen LogP contribution in [-0.4, -0.2) is 55.0 Å². The van der Waals surface area contributed by atoms with Crippen molar-refractivity contribution in [3.63, 3.8) is 0 Å². The maximum atomic E-state index is 11.3. The van der Waals surface area contributed by atoms with Gasteiger partial charge in [-0.05, 0) is 62.5 Å². The highest BCUT2D eigenvalue weighted by molar-refractivity contribution is 5.73. The summed E-state index contributed by atoms with van der Waals surface area (Å²) in [6, 6.07) is 16.5. The molecule has 0 aliphatic heterocycles. The van der Waals surface area contributed by atoms with Crippen LogP contribution in [0.3, 0.4) is 0 Å². The van der Waals surface area contributed by atoms with Gasteiger partial charge in [0.2, 0.25) is 0 Å². The van der Waals surface area contributed by atoms with Gasteiger partial charge in [-0.3, -0.25) is 9.69 Å². The Bertz CT molecular complexity index is 948. The van der Waals surface area contributed by atoms with Crippen molar-refractivity contribution in [1.82, 2.24) is 10.1 Å². The Morgan fingerprint density at radius 1 is 1.10 bits per heavy atom. The highest BCUT2D eigenvalue weighted by Gasteiger charge is 2.20. The number of benzene rings is 2. The zero-order chi connectivity index (χ0) is 21.5. The summed E-state index contributed by atoms with van der Waals surface area (Å²) in [5.41, 5.74) is 2.67. The van der Waals surface area contributed by atoms with Crippen molar-refractivity contribution in [3.8, 4) is 22.8 Å². The summed E-state index contributed by atoms with van der Waals surface area (Å²) in [4.78, 5) is 13.0. The van der Waals surface area contributed by atoms with E-state index in [9.17, 15) is 9.90 Å². The molecule has 0 bridgehead atoms. The highest BCUT2D eigenvalue weighted by Crippen LogP contribution is 2.22. The van der Waals surface area contributed by atoms with Gasteiger partial charge in [0.15, 0.2) is 0 Å². The van der Waals surface area contributed by atoms with Crippen molar-refractivity contribution in [2.45, 2.75) is 18.9 Å². The van der Waals surface area contributed by atoms with Crippen LogP contribution in [0, 0.1) is 0 Å². The van der Waals surface area contributed by atoms with E-state index in [1.165, 1.54) is 0 Å². The number of carbonyl (C=O) groups is 1. The summed E-state index contributed by atoms with van der Waals surface area (Å²) in [6.45, 7) is 0.450. The molecule has 0 radical (unpaired) electrons. The molecule has 1 aromatic heterocycles. The Hall–Kier alpha value is -3.32. The minimum absolute atomic E-state index is 0.439. The van der Waals surface area contributed by atoms with Gasteiger partial charge in [0.05, 0.1) is 13.7 Å². The molecule has 7 nitrogen and oxygen atoms in total. The number of aromatic nitrogens is 1. The molecule has 0 aliphatic carbocycles. The third-order valence-electron chi connectivity index (χ3n) is 4.82. The average molecular weight is 410 g/mol. The second-order valence-corrected chi connectivity index (χ2v) is 7.17. The van der Waals surface area contributed by atoms with Gasteiger partial charge in [0.25, 0.3) is 0 Å². The third-order valence-corrected chi connectivity index (χ3v) is 4.82. The highest BCUT2D eigenvalue weighted by atomic mass is 16.5. The van der Waals surface area contributed by atoms with E-state index in [0.29, 0.717) is 19.4 Å². The Morgan fingerprint density at radius 2 is 1.77 bits per heavy atom. The van der Waals surface area contributed by atoms with Gasteiger partial charge in [-0.15, -0.1) is 0 Å². The number of rotatable bonds is 10. The Kier molecular flexibility index (Phi) is 7.08. The molecule has 0 fully saturated rings. The molecule has 0 saturated carbocycles. The van der Waals surface area contributed by atoms with Crippen molar-refractivity contribution in [2.24, 2.45) is 0 Å². The maximum Gasteiger partial charge on any atom is 0.321 e. The summed E-state index contributed by atoms with van der Waals surface area (Å²) in [5, 5.41) is 13.4. The lowest BCUT2D eigenvalue weighted by atomic mass is 10.1. The fourth-order valence-electron chi connectivity index (χ4n) is 3.03. The zero-order valence-corrected chi connectivity index (χ0v) is 17.4. The lowest BCUT2D eigenvalue weighted by Gasteiger charge is -2.20. The molecule has 1 heterocycles. The van der Waals surface area contributed by atoms with Crippen LogP contribution in [-0.2, 0) is 17.6 Å². The number of carboxylic acid groups (broad SMARTS) is 1. The maximum absolute atomic E-state index is 11.3. The second kappa shape index (κ2) is 9.93. The van der Waals surface area contributed by atoms with Crippen molar-refractivity contribution in [3.05, 3.63) is 65.9 Å². The van der Waals surface area contributed by atoms with Gasteiger partial charge in [0.1, 0.15) is 29.0 Å². The number of likely N-dealkylation sites (N-methyl/N-ethyl adjacent to an activating group) is 1. The number of aliphatic carboxylic acids is 1. The second-order valence-electron chi connectivity index (χ2n) is 7.17. The van der Waals surface area contributed by atoms with E-state index in [0.717, 1.165) is 34.1 Å². The Balaban J connectivity index is 1.50. The first-order chi connectivity index (χ1) is 14.5. The fourth-order valence-corrected chi connectivity index (χ4v) is 3.03. The van der Waals surface area contributed by atoms with Crippen LogP contribution in [0.1, 0.15) is 11.3 Å². The number of methoxy groups -OCH3 is 1. The number of hydrogen-bond donors (Lipinski definition) is 1. The predicted octanol–water partition coefficient (Wildman–Crippen LogP) is 3.53. The normalized spacial score (nSPS) is 12.0. The molecule has 0 unspecified atom stereocenters. The van der Waals surface area contributed by atoms with Gasteiger partial charge >= 0.3 is 5.97 Å². The van der Waals surface area contributed by atoms with E-state index < -0.39 is 12.0 Å². The lowest BCUT2D eigenvalue weighted by Crippen LogP contribution is -2.37. The van der Waals surface area contributed by atoms with Crippen LogP contribution in [0.2, 0.25) is 0 Å². The van der Waals surface area contributed by atoms with Gasteiger partial charge in [0, 0.05) is 18.1 Å². The molecular formula is C23H26N2O5. The molecule has 0 spiro atoms. The molecule has 30 heavy (non-hydrogen) atoms. The van der Waals surface area contributed by atoms with Gasteiger partial charge < -0.3 is 19.1 Å². The Morgan fingerprint density at radius 3 is 2.37 bits per heavy atom. The summed E-state index contributed by atoms with van der Waals surface area (Å²) in [7, 11) is 5.16. The number of nitrogens with zero attached hydrogens (tertiary/aromatic N) is 2. The average Bonchev–Trinajstić information content (AvgIpc) is 3.21. The summed E-state index contributed by atoms with van der Waals surface area (Å²) >= 11 is 0. The largest absolute Gasteiger partial charge is 0.497 e. The SMILES string of the molecule is COc1ccc(-c2cc(CCOc3ccc(C[C@@H](C(=O)O)N(C)C)cc3)on2)cc1. The lowest BCUT2D eigenvalue weighted by molar-refractivity contribution is -0.142. The topological polar surface area (TPSA) is 85.0 Å². The fraction of sp³-hybridized carbons (Fsp3) is 0.304. The van der Waals surface area contributed by atoms with Crippen molar-refractivity contribution >= 4 is 5.97 Å². The molecule has 3 aromatic rings.